The average molecular weight is 381 g/mol. The van der Waals surface area contributed by atoms with E-state index in [1.54, 1.807) is 22.1 Å². The van der Waals surface area contributed by atoms with Crippen LogP contribution in [0.1, 0.15) is 25.0 Å². The molecule has 0 atom stereocenters. The lowest BCUT2D eigenvalue weighted by Crippen LogP contribution is -2.50. The zero-order chi connectivity index (χ0) is 18.8. The molecular weight excluding hydrogens is 362 g/mol. The molecule has 3 aromatic heterocycles. The van der Waals surface area contributed by atoms with Crippen LogP contribution in [0.15, 0.2) is 42.6 Å². The fraction of sp³-hybridized carbons (Fsp3) is 0.263. The maximum absolute atomic E-state index is 12.7. The van der Waals surface area contributed by atoms with E-state index in [0.717, 1.165) is 15.4 Å². The average Bonchev–Trinajstić information content (AvgIpc) is 3.37. The van der Waals surface area contributed by atoms with Gasteiger partial charge < -0.3 is 9.80 Å². The van der Waals surface area contributed by atoms with Crippen LogP contribution < -0.4 is 0 Å². The summed E-state index contributed by atoms with van der Waals surface area (Å²) in [5, 5.41) is 6.99. The Balaban J connectivity index is 1.39. The molecule has 0 saturated carbocycles. The summed E-state index contributed by atoms with van der Waals surface area (Å²) in [6.45, 7) is 4.06. The lowest BCUT2D eigenvalue weighted by Gasteiger charge is -2.34. The summed E-state index contributed by atoms with van der Waals surface area (Å²) in [4.78, 5) is 34.9. The summed E-state index contributed by atoms with van der Waals surface area (Å²) < 4.78 is 0. The van der Waals surface area contributed by atoms with Crippen LogP contribution in [0.4, 0.5) is 0 Å². The Bertz CT molecular complexity index is 957. The number of amides is 2. The number of aryl methyl sites for hydroxylation is 1. The van der Waals surface area contributed by atoms with Gasteiger partial charge in [-0.25, -0.2) is 0 Å². The first-order valence-electron chi connectivity index (χ1n) is 8.73. The van der Waals surface area contributed by atoms with Crippen LogP contribution in [-0.2, 0) is 0 Å². The quantitative estimate of drug-likeness (QED) is 0.755. The van der Waals surface area contributed by atoms with Gasteiger partial charge in [-0.1, -0.05) is 6.07 Å². The highest BCUT2D eigenvalue weighted by Gasteiger charge is 2.27. The number of aromatic nitrogens is 3. The van der Waals surface area contributed by atoms with Gasteiger partial charge in [-0.2, -0.15) is 5.10 Å². The molecule has 7 nitrogen and oxygen atoms in total. The third kappa shape index (κ3) is 3.61. The summed E-state index contributed by atoms with van der Waals surface area (Å²) in [5.74, 6) is -0.0667. The number of carbonyl (C=O) groups excluding carboxylic acids is 2. The van der Waals surface area contributed by atoms with Crippen LogP contribution in [0.5, 0.6) is 0 Å². The summed E-state index contributed by atoms with van der Waals surface area (Å²) in [7, 11) is 0. The molecule has 1 fully saturated rings. The van der Waals surface area contributed by atoms with E-state index in [2.05, 4.69) is 15.2 Å². The molecular formula is C19H19N5O2S. The lowest BCUT2D eigenvalue weighted by molar-refractivity contribution is 0.0535. The molecule has 1 aliphatic rings. The number of nitrogens with zero attached hydrogens (tertiary/aromatic N) is 4. The number of nitrogens with one attached hydrogen (secondary N) is 1. The third-order valence-corrected chi connectivity index (χ3v) is 5.53. The molecule has 1 N–H and O–H groups in total. The molecule has 0 bridgehead atoms. The molecule has 138 valence electrons. The number of thiophene rings is 1. The Morgan fingerprint density at radius 2 is 1.74 bits per heavy atom. The van der Waals surface area contributed by atoms with E-state index in [1.807, 2.05) is 37.3 Å². The van der Waals surface area contributed by atoms with Crippen molar-refractivity contribution in [1.29, 1.82) is 0 Å². The van der Waals surface area contributed by atoms with E-state index in [1.165, 1.54) is 11.3 Å². The fourth-order valence-corrected chi connectivity index (χ4v) is 3.90. The first-order chi connectivity index (χ1) is 13.1. The Labute approximate surface area is 160 Å². The van der Waals surface area contributed by atoms with E-state index in [4.69, 9.17) is 0 Å². The summed E-state index contributed by atoms with van der Waals surface area (Å²) >= 11 is 1.50. The second-order valence-electron chi connectivity index (χ2n) is 6.38. The topological polar surface area (TPSA) is 82.2 Å². The molecule has 0 spiro atoms. The van der Waals surface area contributed by atoms with Gasteiger partial charge >= 0.3 is 0 Å². The van der Waals surface area contributed by atoms with Crippen molar-refractivity contribution in [1.82, 2.24) is 25.0 Å². The van der Waals surface area contributed by atoms with E-state index < -0.39 is 0 Å². The van der Waals surface area contributed by atoms with Crippen LogP contribution in [0.25, 0.3) is 11.4 Å². The maximum Gasteiger partial charge on any atom is 0.272 e. The van der Waals surface area contributed by atoms with Gasteiger partial charge in [0.05, 0.1) is 10.6 Å². The van der Waals surface area contributed by atoms with Gasteiger partial charge in [-0.15, -0.1) is 11.3 Å². The maximum atomic E-state index is 12.7. The Morgan fingerprint density at radius 1 is 1.00 bits per heavy atom. The minimum Gasteiger partial charge on any atom is -0.334 e. The number of H-pyrrole nitrogens is 1. The van der Waals surface area contributed by atoms with E-state index in [-0.39, 0.29) is 11.8 Å². The molecule has 3 aromatic rings. The number of rotatable bonds is 3. The molecule has 27 heavy (non-hydrogen) atoms. The second kappa shape index (κ2) is 7.32. The molecule has 0 aromatic carbocycles. The number of pyridine rings is 1. The Kier molecular flexibility index (Phi) is 4.72. The van der Waals surface area contributed by atoms with Crippen molar-refractivity contribution in [2.45, 2.75) is 6.92 Å². The highest BCUT2D eigenvalue weighted by Crippen LogP contribution is 2.19. The lowest BCUT2D eigenvalue weighted by atomic mass is 10.2. The zero-order valence-electron chi connectivity index (χ0n) is 14.9. The normalized spacial score (nSPS) is 14.4. The number of aromatic amines is 1. The van der Waals surface area contributed by atoms with E-state index in [0.29, 0.717) is 37.6 Å². The third-order valence-electron chi connectivity index (χ3n) is 4.54. The molecule has 0 aliphatic carbocycles. The molecule has 4 heterocycles. The largest absolute Gasteiger partial charge is 0.334 e. The van der Waals surface area contributed by atoms with Crippen LogP contribution in [-0.4, -0.2) is 63.0 Å². The molecule has 2 amide bonds. The van der Waals surface area contributed by atoms with E-state index in [9.17, 15) is 9.59 Å². The predicted molar refractivity (Wildman–Crippen MR) is 103 cm³/mol. The Hall–Kier alpha value is -3.00. The minimum absolute atomic E-state index is 0.0409. The van der Waals surface area contributed by atoms with Gasteiger partial charge in [0.15, 0.2) is 0 Å². The van der Waals surface area contributed by atoms with Crippen LogP contribution in [0.2, 0.25) is 0 Å². The zero-order valence-corrected chi connectivity index (χ0v) is 15.7. The second-order valence-corrected chi connectivity index (χ2v) is 7.66. The van der Waals surface area contributed by atoms with Crippen LogP contribution in [0.3, 0.4) is 0 Å². The predicted octanol–water partition coefficient (Wildman–Crippen LogP) is 2.44. The van der Waals surface area contributed by atoms with Crippen molar-refractivity contribution in [3.8, 4) is 11.4 Å². The summed E-state index contributed by atoms with van der Waals surface area (Å²) in [6.07, 6.45) is 1.69. The summed E-state index contributed by atoms with van der Waals surface area (Å²) in [5.41, 5.74) is 1.79. The monoisotopic (exact) mass is 381 g/mol. The smallest absolute Gasteiger partial charge is 0.272 e. The first-order valence-corrected chi connectivity index (χ1v) is 9.55. The highest BCUT2D eigenvalue weighted by atomic mass is 32.1. The summed E-state index contributed by atoms with van der Waals surface area (Å²) in [6, 6.07) is 11.1. The standard InChI is InChI=1S/C19H19N5O2S/c1-13-5-6-17(27-13)19(26)24-10-8-23(9-11-24)18(25)16-12-15(21-22-16)14-4-2-3-7-20-14/h2-7,12H,8-11H2,1H3,(H,21,22). The van der Waals surface area contributed by atoms with Gasteiger partial charge in [0.1, 0.15) is 11.4 Å². The molecule has 8 heteroatoms. The molecule has 1 aliphatic heterocycles. The first kappa shape index (κ1) is 17.4. The minimum atomic E-state index is -0.108. The van der Waals surface area contributed by atoms with Crippen LogP contribution >= 0.6 is 11.3 Å². The molecule has 0 radical (unpaired) electrons. The van der Waals surface area contributed by atoms with Crippen molar-refractivity contribution in [3.05, 3.63) is 58.0 Å². The molecule has 0 unspecified atom stereocenters. The van der Waals surface area contributed by atoms with Crippen molar-refractivity contribution in [2.24, 2.45) is 0 Å². The molecule has 4 rings (SSSR count). The number of hydrogen-bond donors (Lipinski definition) is 1. The van der Waals surface area contributed by atoms with Crippen molar-refractivity contribution < 1.29 is 9.59 Å². The van der Waals surface area contributed by atoms with Gasteiger partial charge in [0.2, 0.25) is 0 Å². The van der Waals surface area contributed by atoms with Gasteiger partial charge in [0.25, 0.3) is 11.8 Å². The van der Waals surface area contributed by atoms with Crippen molar-refractivity contribution in [3.63, 3.8) is 0 Å². The fourth-order valence-electron chi connectivity index (χ4n) is 3.07. The van der Waals surface area contributed by atoms with Gasteiger partial charge in [-0.05, 0) is 37.3 Å². The van der Waals surface area contributed by atoms with Crippen molar-refractivity contribution in [2.75, 3.05) is 26.2 Å². The Morgan fingerprint density at radius 3 is 2.37 bits per heavy atom. The number of hydrogen-bond acceptors (Lipinski definition) is 5. The number of piperazine rings is 1. The van der Waals surface area contributed by atoms with Crippen LogP contribution in [0, 0.1) is 6.92 Å². The molecule has 1 saturated heterocycles. The van der Waals surface area contributed by atoms with E-state index >= 15 is 0 Å². The SMILES string of the molecule is Cc1ccc(C(=O)N2CCN(C(=O)c3cc(-c4ccccn4)n[nH]3)CC2)s1. The highest BCUT2D eigenvalue weighted by molar-refractivity contribution is 7.13. The van der Waals surface area contributed by atoms with Gasteiger partial charge in [0, 0.05) is 37.3 Å². The van der Waals surface area contributed by atoms with Crippen molar-refractivity contribution >= 4 is 23.2 Å². The number of carbonyl (C=O) groups is 2. The van der Waals surface area contributed by atoms with Gasteiger partial charge in [-0.3, -0.25) is 19.7 Å².